The molecule has 1 aromatic rings. The lowest BCUT2D eigenvalue weighted by Gasteiger charge is -2.27. The monoisotopic (exact) mass is 326 g/mol. The van der Waals surface area contributed by atoms with Crippen LogP contribution in [0.4, 0.5) is 9.59 Å². The van der Waals surface area contributed by atoms with Crippen LogP contribution in [0.3, 0.4) is 0 Å². The molecule has 0 aliphatic rings. The van der Waals surface area contributed by atoms with E-state index in [1.807, 2.05) is 13.8 Å². The number of carbonyl (C=O) groups excluding carboxylic acids is 1. The molecule has 0 fully saturated rings. The first-order valence-electron chi connectivity index (χ1n) is 7.18. The summed E-state index contributed by atoms with van der Waals surface area (Å²) in [4.78, 5) is 20.6. The molecule has 0 heterocycles. The van der Waals surface area contributed by atoms with E-state index >= 15 is 0 Å². The van der Waals surface area contributed by atoms with Gasteiger partial charge in [-0.3, -0.25) is 0 Å². The Balaban J connectivity index is 0.00000108. The van der Waals surface area contributed by atoms with Crippen LogP contribution in [-0.4, -0.2) is 29.9 Å². The van der Waals surface area contributed by atoms with Gasteiger partial charge in [-0.05, 0) is 50.5 Å². The molecule has 0 saturated heterocycles. The highest BCUT2D eigenvalue weighted by molar-refractivity contribution is 5.71. The summed E-state index contributed by atoms with van der Waals surface area (Å²) in [6.07, 6.45) is -0.874. The van der Waals surface area contributed by atoms with E-state index in [4.69, 9.17) is 19.4 Å². The second kappa shape index (κ2) is 9.55. The van der Waals surface area contributed by atoms with Crippen LogP contribution in [0.15, 0.2) is 24.3 Å². The van der Waals surface area contributed by atoms with Crippen LogP contribution in [0.1, 0.15) is 34.1 Å². The molecule has 0 unspecified atom stereocenters. The first kappa shape index (κ1) is 20.6. The Morgan fingerprint density at radius 3 is 2.04 bits per heavy atom. The summed E-state index contributed by atoms with van der Waals surface area (Å²) in [6, 6.07) is 6.91. The molecule has 1 aromatic carbocycles. The van der Waals surface area contributed by atoms with Crippen LogP contribution in [0.2, 0.25) is 0 Å². The Bertz CT molecular complexity index is 494. The lowest BCUT2D eigenvalue weighted by atomic mass is 9.93. The summed E-state index contributed by atoms with van der Waals surface area (Å²) >= 11 is 0. The fourth-order valence-corrected chi connectivity index (χ4v) is 2.12. The van der Waals surface area contributed by atoms with Crippen LogP contribution in [-0.2, 0) is 0 Å². The second-order valence-corrected chi connectivity index (χ2v) is 6.01. The largest absolute Gasteiger partial charge is 0.497 e. The van der Waals surface area contributed by atoms with E-state index in [1.165, 1.54) is 0 Å². The van der Waals surface area contributed by atoms with Gasteiger partial charge in [0.1, 0.15) is 11.5 Å². The minimum atomic E-state index is -1.33. The van der Waals surface area contributed by atoms with Crippen LogP contribution < -0.4 is 20.5 Å². The van der Waals surface area contributed by atoms with Crippen molar-refractivity contribution in [1.82, 2.24) is 5.32 Å². The van der Waals surface area contributed by atoms with E-state index in [0.717, 1.165) is 12.2 Å². The smallest absolute Gasteiger partial charge is 0.413 e. The van der Waals surface area contributed by atoms with Crippen molar-refractivity contribution in [2.75, 3.05) is 7.11 Å². The van der Waals surface area contributed by atoms with Crippen molar-refractivity contribution in [3.05, 3.63) is 24.3 Å². The van der Waals surface area contributed by atoms with Gasteiger partial charge < -0.3 is 25.6 Å². The predicted octanol–water partition coefficient (Wildman–Crippen LogP) is 3.23. The number of benzene rings is 1. The molecular formula is C16H26N2O5. The van der Waals surface area contributed by atoms with Gasteiger partial charge in [0.05, 0.1) is 7.11 Å². The molecule has 2 amide bonds. The van der Waals surface area contributed by atoms with Gasteiger partial charge in [0.25, 0.3) is 0 Å². The summed E-state index contributed by atoms with van der Waals surface area (Å²) < 4.78 is 10.3. The van der Waals surface area contributed by atoms with Gasteiger partial charge in [-0.25, -0.2) is 9.59 Å². The maximum absolute atomic E-state index is 11.8. The van der Waals surface area contributed by atoms with Crippen molar-refractivity contribution >= 4 is 12.2 Å². The zero-order valence-electron chi connectivity index (χ0n) is 14.3. The molecule has 4 N–H and O–H groups in total. The second-order valence-electron chi connectivity index (χ2n) is 6.01. The molecule has 0 spiro atoms. The minimum Gasteiger partial charge on any atom is -0.497 e. The molecule has 0 bridgehead atoms. The van der Waals surface area contributed by atoms with Gasteiger partial charge in [-0.2, -0.15) is 0 Å². The van der Waals surface area contributed by atoms with Crippen molar-refractivity contribution in [3.8, 4) is 11.5 Å². The molecular weight excluding hydrogens is 300 g/mol. The van der Waals surface area contributed by atoms with E-state index in [1.54, 1.807) is 31.4 Å². The normalized spacial score (nSPS) is 10.3. The van der Waals surface area contributed by atoms with Gasteiger partial charge in [-0.1, -0.05) is 13.8 Å². The van der Waals surface area contributed by atoms with Crippen molar-refractivity contribution in [2.24, 2.45) is 11.7 Å². The molecule has 0 atom stereocenters. The quantitative estimate of drug-likeness (QED) is 0.769. The fourth-order valence-electron chi connectivity index (χ4n) is 2.12. The summed E-state index contributed by atoms with van der Waals surface area (Å²) in [5, 5.41) is 10.1. The molecule has 7 nitrogen and oxygen atoms in total. The zero-order valence-corrected chi connectivity index (χ0v) is 14.3. The third-order valence-corrected chi connectivity index (χ3v) is 2.63. The van der Waals surface area contributed by atoms with Crippen molar-refractivity contribution in [2.45, 2.75) is 39.7 Å². The molecule has 0 radical (unpaired) electrons. The van der Waals surface area contributed by atoms with Crippen LogP contribution in [0.25, 0.3) is 0 Å². The number of nitrogens with two attached hydrogens (primary N) is 1. The highest BCUT2D eigenvalue weighted by atomic mass is 16.6. The Labute approximate surface area is 136 Å². The topological polar surface area (TPSA) is 111 Å². The average molecular weight is 326 g/mol. The molecule has 0 saturated carbocycles. The number of hydrogen-bond donors (Lipinski definition) is 3. The predicted molar refractivity (Wildman–Crippen MR) is 87.9 cm³/mol. The van der Waals surface area contributed by atoms with Crippen molar-refractivity contribution in [3.63, 3.8) is 0 Å². The van der Waals surface area contributed by atoms with Crippen LogP contribution in [0, 0.1) is 5.92 Å². The fraction of sp³-hybridized carbons (Fsp3) is 0.500. The third kappa shape index (κ3) is 10.9. The lowest BCUT2D eigenvalue weighted by Crippen LogP contribution is -2.45. The number of ether oxygens (including phenoxy) is 2. The highest BCUT2D eigenvalue weighted by Crippen LogP contribution is 2.19. The van der Waals surface area contributed by atoms with Crippen LogP contribution in [0.5, 0.6) is 11.5 Å². The third-order valence-electron chi connectivity index (χ3n) is 2.63. The highest BCUT2D eigenvalue weighted by Gasteiger charge is 2.22. The lowest BCUT2D eigenvalue weighted by molar-refractivity contribution is 0.184. The maximum Gasteiger partial charge on any atom is 0.413 e. The van der Waals surface area contributed by atoms with Gasteiger partial charge in [0, 0.05) is 5.54 Å². The standard InChI is InChI=1S/C15H23NO3.CH3NO2/c1-11(2)10-15(3,4)16-14(17)19-13-8-6-12(18-5)7-9-13;2-1(3)4/h6-9,11H,10H2,1-5H3,(H,16,17);2H2,(H,3,4). The van der Waals surface area contributed by atoms with E-state index in [0.29, 0.717) is 11.7 Å². The first-order valence-corrected chi connectivity index (χ1v) is 7.18. The number of rotatable bonds is 5. The molecule has 1 rings (SSSR count). The summed E-state index contributed by atoms with van der Waals surface area (Å²) in [6.45, 7) is 8.22. The van der Waals surface area contributed by atoms with E-state index in [-0.39, 0.29) is 5.54 Å². The first-order chi connectivity index (χ1) is 10.6. The number of primary amides is 1. The number of carboxylic acid groups (broad SMARTS) is 1. The molecule has 0 aliphatic carbocycles. The molecule has 7 heteroatoms. The van der Waals surface area contributed by atoms with Gasteiger partial charge >= 0.3 is 12.2 Å². The van der Waals surface area contributed by atoms with Crippen LogP contribution >= 0.6 is 0 Å². The van der Waals surface area contributed by atoms with Crippen molar-refractivity contribution < 1.29 is 24.2 Å². The van der Waals surface area contributed by atoms with Gasteiger partial charge in [-0.15, -0.1) is 0 Å². The van der Waals surface area contributed by atoms with Gasteiger partial charge in [0.15, 0.2) is 0 Å². The number of nitrogens with one attached hydrogen (secondary N) is 1. The number of carbonyl (C=O) groups is 2. The molecule has 0 aliphatic heterocycles. The number of methoxy groups -OCH3 is 1. The Morgan fingerprint density at radius 2 is 1.65 bits per heavy atom. The van der Waals surface area contributed by atoms with E-state index in [2.05, 4.69) is 24.9 Å². The minimum absolute atomic E-state index is 0.280. The molecule has 0 aromatic heterocycles. The number of hydrogen-bond acceptors (Lipinski definition) is 4. The van der Waals surface area contributed by atoms with Crippen molar-refractivity contribution in [1.29, 1.82) is 0 Å². The Kier molecular flexibility index (Phi) is 8.54. The molecule has 23 heavy (non-hydrogen) atoms. The zero-order chi connectivity index (χ0) is 18.0. The van der Waals surface area contributed by atoms with E-state index in [9.17, 15) is 4.79 Å². The average Bonchev–Trinajstić information content (AvgIpc) is 2.36. The number of amides is 2. The maximum atomic E-state index is 11.8. The summed E-state index contributed by atoms with van der Waals surface area (Å²) in [7, 11) is 1.59. The Morgan fingerprint density at radius 1 is 1.22 bits per heavy atom. The van der Waals surface area contributed by atoms with Gasteiger partial charge in [0.2, 0.25) is 0 Å². The summed E-state index contributed by atoms with van der Waals surface area (Å²) in [5.41, 5.74) is 3.75. The van der Waals surface area contributed by atoms with E-state index < -0.39 is 12.2 Å². The summed E-state index contributed by atoms with van der Waals surface area (Å²) in [5.74, 6) is 1.74. The molecule has 130 valence electrons. The Hall–Kier alpha value is -2.44. The SMILES string of the molecule is COc1ccc(OC(=O)NC(C)(C)CC(C)C)cc1.NC(=O)O.